The monoisotopic (exact) mass is 355 g/mol. The summed E-state index contributed by atoms with van der Waals surface area (Å²) in [6.45, 7) is 0.319. The minimum atomic E-state index is -1.19. The van der Waals surface area contributed by atoms with Gasteiger partial charge in [0.15, 0.2) is 0 Å². The molecule has 0 heterocycles. The Labute approximate surface area is 151 Å². The first-order valence-corrected chi connectivity index (χ1v) is 8.31. The van der Waals surface area contributed by atoms with Crippen LogP contribution in [-0.2, 0) is 20.8 Å². The van der Waals surface area contributed by atoms with Crippen LogP contribution in [0.2, 0.25) is 0 Å². The lowest BCUT2D eigenvalue weighted by Crippen LogP contribution is -2.34. The summed E-state index contributed by atoms with van der Waals surface area (Å²) in [5.41, 5.74) is 3.25. The number of hydrogen-bond acceptors (Lipinski definition) is 3. The zero-order valence-corrected chi connectivity index (χ0v) is 14.2. The van der Waals surface area contributed by atoms with E-state index >= 15 is 0 Å². The van der Waals surface area contributed by atoms with Crippen molar-refractivity contribution in [2.75, 3.05) is 6.54 Å². The van der Waals surface area contributed by atoms with Gasteiger partial charge in [-0.2, -0.15) is 0 Å². The third-order valence-electron chi connectivity index (χ3n) is 3.99. The van der Waals surface area contributed by atoms with Gasteiger partial charge in [-0.3, -0.25) is 14.4 Å². The third-order valence-corrected chi connectivity index (χ3v) is 3.99. The van der Waals surface area contributed by atoms with Gasteiger partial charge in [-0.25, -0.2) is 0 Å². The second kappa shape index (κ2) is 9.36. The second-order valence-corrected chi connectivity index (χ2v) is 6.00. The lowest BCUT2D eigenvalue weighted by atomic mass is 10.00. The number of hydrogen-bond donors (Lipinski definition) is 3. The average molecular weight is 355 g/mol. The SMILES string of the molecule is O=C(O)CC(CC(=O)O)C(=O)NCCc1ccc(-c2ccccc2)cc1. The Morgan fingerprint density at radius 3 is 1.88 bits per heavy atom. The highest BCUT2D eigenvalue weighted by Crippen LogP contribution is 2.19. The Hall–Kier alpha value is -3.15. The normalized spacial score (nSPS) is 10.5. The molecule has 0 spiro atoms. The molecule has 0 aliphatic rings. The molecule has 1 amide bonds. The summed E-state index contributed by atoms with van der Waals surface area (Å²) in [5.74, 6) is -3.99. The zero-order chi connectivity index (χ0) is 18.9. The largest absolute Gasteiger partial charge is 0.481 e. The van der Waals surface area contributed by atoms with Gasteiger partial charge in [0.05, 0.1) is 18.8 Å². The molecular weight excluding hydrogens is 334 g/mol. The van der Waals surface area contributed by atoms with Crippen molar-refractivity contribution in [1.82, 2.24) is 5.32 Å². The number of aliphatic carboxylic acids is 2. The van der Waals surface area contributed by atoms with E-state index in [9.17, 15) is 14.4 Å². The number of nitrogens with one attached hydrogen (secondary N) is 1. The summed E-state index contributed by atoms with van der Waals surface area (Å²) in [7, 11) is 0. The molecular formula is C20H21NO5. The molecule has 0 fully saturated rings. The minimum absolute atomic E-state index is 0.319. The molecule has 26 heavy (non-hydrogen) atoms. The molecule has 6 heteroatoms. The number of carbonyl (C=O) groups is 3. The number of carbonyl (C=O) groups excluding carboxylic acids is 1. The molecule has 0 radical (unpaired) electrons. The molecule has 0 saturated heterocycles. The van der Waals surface area contributed by atoms with E-state index in [4.69, 9.17) is 10.2 Å². The van der Waals surface area contributed by atoms with Crippen LogP contribution in [0.1, 0.15) is 18.4 Å². The van der Waals surface area contributed by atoms with Crippen molar-refractivity contribution in [1.29, 1.82) is 0 Å². The molecule has 2 aromatic carbocycles. The molecule has 0 bridgehead atoms. The van der Waals surface area contributed by atoms with Crippen LogP contribution in [0.15, 0.2) is 54.6 Å². The summed E-state index contributed by atoms with van der Waals surface area (Å²) in [6, 6.07) is 17.9. The Balaban J connectivity index is 1.87. The maximum Gasteiger partial charge on any atom is 0.304 e. The molecule has 2 aromatic rings. The molecule has 0 aliphatic heterocycles. The third kappa shape index (κ3) is 6.05. The van der Waals surface area contributed by atoms with Crippen molar-refractivity contribution < 1.29 is 24.6 Å². The quantitative estimate of drug-likeness (QED) is 0.641. The van der Waals surface area contributed by atoms with Crippen LogP contribution in [0.5, 0.6) is 0 Å². The first kappa shape index (κ1) is 19.2. The number of rotatable bonds is 9. The standard InChI is InChI=1S/C20H21NO5/c22-18(23)12-17(13-19(24)25)20(26)21-11-10-14-6-8-16(9-7-14)15-4-2-1-3-5-15/h1-9,17H,10-13H2,(H,21,26)(H,22,23)(H,24,25). The lowest BCUT2D eigenvalue weighted by Gasteiger charge is -2.13. The summed E-state index contributed by atoms with van der Waals surface area (Å²) >= 11 is 0. The highest BCUT2D eigenvalue weighted by Gasteiger charge is 2.24. The first-order valence-electron chi connectivity index (χ1n) is 8.31. The number of amides is 1. The van der Waals surface area contributed by atoms with Gasteiger partial charge < -0.3 is 15.5 Å². The van der Waals surface area contributed by atoms with Crippen molar-refractivity contribution in [2.24, 2.45) is 5.92 Å². The van der Waals surface area contributed by atoms with Gasteiger partial charge in [0.25, 0.3) is 0 Å². The number of benzene rings is 2. The molecule has 6 nitrogen and oxygen atoms in total. The molecule has 136 valence electrons. The predicted molar refractivity (Wildman–Crippen MR) is 96.6 cm³/mol. The first-order chi connectivity index (χ1) is 12.5. The van der Waals surface area contributed by atoms with Crippen LogP contribution in [0, 0.1) is 5.92 Å². The Morgan fingerprint density at radius 1 is 0.808 bits per heavy atom. The minimum Gasteiger partial charge on any atom is -0.481 e. The van der Waals surface area contributed by atoms with E-state index in [2.05, 4.69) is 5.32 Å². The topological polar surface area (TPSA) is 104 Å². The Kier molecular flexibility index (Phi) is 6.91. The van der Waals surface area contributed by atoms with Gasteiger partial charge in [0.2, 0.25) is 5.91 Å². The highest BCUT2D eigenvalue weighted by atomic mass is 16.4. The number of carboxylic acids is 2. The summed E-state index contributed by atoms with van der Waals surface area (Å²) in [6.07, 6.45) is -0.415. The van der Waals surface area contributed by atoms with E-state index in [0.717, 1.165) is 16.7 Å². The smallest absolute Gasteiger partial charge is 0.304 e. The van der Waals surface area contributed by atoms with Crippen molar-refractivity contribution >= 4 is 17.8 Å². The van der Waals surface area contributed by atoms with Crippen LogP contribution in [0.4, 0.5) is 0 Å². The fourth-order valence-electron chi connectivity index (χ4n) is 2.65. The molecule has 3 N–H and O–H groups in total. The molecule has 0 aromatic heterocycles. The average Bonchev–Trinajstić information content (AvgIpc) is 2.61. The highest BCUT2D eigenvalue weighted by molar-refractivity contribution is 5.86. The van der Waals surface area contributed by atoms with Crippen LogP contribution >= 0.6 is 0 Å². The maximum atomic E-state index is 12.0. The summed E-state index contributed by atoms with van der Waals surface area (Å²) in [5, 5.41) is 20.2. The van der Waals surface area contributed by atoms with Crippen molar-refractivity contribution in [3.63, 3.8) is 0 Å². The van der Waals surface area contributed by atoms with Crippen LogP contribution in [0.3, 0.4) is 0 Å². The molecule has 2 rings (SSSR count). The maximum absolute atomic E-state index is 12.0. The van der Waals surface area contributed by atoms with Crippen molar-refractivity contribution in [3.8, 4) is 11.1 Å². The van der Waals surface area contributed by atoms with Crippen LogP contribution in [0.25, 0.3) is 11.1 Å². The predicted octanol–water partition coefficient (Wildman–Crippen LogP) is 2.58. The summed E-state index contributed by atoms with van der Waals surface area (Å²) in [4.78, 5) is 33.5. The van der Waals surface area contributed by atoms with Crippen LogP contribution in [-0.4, -0.2) is 34.6 Å². The van der Waals surface area contributed by atoms with Gasteiger partial charge in [0, 0.05) is 6.54 Å². The molecule has 0 aliphatic carbocycles. The molecule has 0 unspecified atom stereocenters. The van der Waals surface area contributed by atoms with Gasteiger partial charge in [-0.1, -0.05) is 54.6 Å². The second-order valence-electron chi connectivity index (χ2n) is 6.00. The zero-order valence-electron chi connectivity index (χ0n) is 14.2. The lowest BCUT2D eigenvalue weighted by molar-refractivity contribution is -0.145. The summed E-state index contributed by atoms with van der Waals surface area (Å²) < 4.78 is 0. The van der Waals surface area contributed by atoms with Gasteiger partial charge >= 0.3 is 11.9 Å². The van der Waals surface area contributed by atoms with Crippen molar-refractivity contribution in [2.45, 2.75) is 19.3 Å². The van der Waals surface area contributed by atoms with Crippen molar-refractivity contribution in [3.05, 3.63) is 60.2 Å². The number of carboxylic acid groups (broad SMARTS) is 2. The van der Waals surface area contributed by atoms with Crippen LogP contribution < -0.4 is 5.32 Å². The van der Waals surface area contributed by atoms with E-state index in [1.54, 1.807) is 0 Å². The van der Waals surface area contributed by atoms with E-state index in [1.165, 1.54) is 0 Å². The van der Waals surface area contributed by atoms with Gasteiger partial charge in [-0.05, 0) is 23.1 Å². The van der Waals surface area contributed by atoms with Gasteiger partial charge in [0.1, 0.15) is 0 Å². The fraction of sp³-hybridized carbons (Fsp3) is 0.250. The van der Waals surface area contributed by atoms with E-state index in [0.29, 0.717) is 13.0 Å². The molecule has 0 saturated carbocycles. The van der Waals surface area contributed by atoms with E-state index in [-0.39, 0.29) is 0 Å². The Morgan fingerprint density at radius 2 is 1.35 bits per heavy atom. The van der Waals surface area contributed by atoms with E-state index in [1.807, 2.05) is 54.6 Å². The Bertz CT molecular complexity index is 740. The molecule has 0 atom stereocenters. The van der Waals surface area contributed by atoms with Gasteiger partial charge in [-0.15, -0.1) is 0 Å². The fourth-order valence-corrected chi connectivity index (χ4v) is 2.65. The van der Waals surface area contributed by atoms with E-state index < -0.39 is 36.6 Å².